The minimum Gasteiger partial charge on any atom is -0.478 e. The number of carboxylic acids is 1. The molecule has 106 valence electrons. The lowest BCUT2D eigenvalue weighted by Gasteiger charge is -2.07. The first-order valence-electron chi connectivity index (χ1n) is 5.16. The minimum absolute atomic E-state index is 0.0741. The van der Waals surface area contributed by atoms with Gasteiger partial charge in [0, 0.05) is 6.20 Å². The Hall–Kier alpha value is -1.71. The molecule has 0 fully saturated rings. The number of carbonyl (C=O) groups is 1. The zero-order chi connectivity index (χ0) is 14.9. The van der Waals surface area contributed by atoms with Crippen molar-refractivity contribution in [3.05, 3.63) is 34.7 Å². The molecule has 0 aliphatic carbocycles. The second-order valence-corrected chi connectivity index (χ2v) is 6.46. The van der Waals surface area contributed by atoms with Gasteiger partial charge in [0.2, 0.25) is 0 Å². The van der Waals surface area contributed by atoms with Gasteiger partial charge in [0.05, 0.1) is 5.69 Å². The largest absolute Gasteiger partial charge is 0.478 e. The van der Waals surface area contributed by atoms with Crippen molar-refractivity contribution in [2.24, 2.45) is 0 Å². The Morgan fingerprint density at radius 1 is 1.50 bits per heavy atom. The third-order valence-corrected chi connectivity index (χ3v) is 5.10. The Kier molecular flexibility index (Phi) is 3.93. The summed E-state index contributed by atoms with van der Waals surface area (Å²) in [5.41, 5.74) is 0.0519. The molecular formula is C10H8ClN3O4S2. The van der Waals surface area contributed by atoms with Crippen molar-refractivity contribution < 1.29 is 18.3 Å². The maximum atomic E-state index is 12.2. The van der Waals surface area contributed by atoms with Crippen LogP contribution in [0, 0.1) is 6.92 Å². The van der Waals surface area contributed by atoms with Gasteiger partial charge in [-0.1, -0.05) is 11.6 Å². The van der Waals surface area contributed by atoms with Crippen LogP contribution in [-0.4, -0.2) is 28.9 Å². The normalized spacial score (nSPS) is 11.3. The second-order valence-electron chi connectivity index (χ2n) is 3.68. The Morgan fingerprint density at radius 3 is 2.80 bits per heavy atom. The van der Waals surface area contributed by atoms with Crippen molar-refractivity contribution in [2.45, 2.75) is 11.8 Å². The van der Waals surface area contributed by atoms with Crippen molar-refractivity contribution in [2.75, 3.05) is 4.72 Å². The number of nitrogens with one attached hydrogen (secondary N) is 1. The lowest BCUT2D eigenvalue weighted by atomic mass is 10.2. The van der Waals surface area contributed by atoms with Gasteiger partial charge in [-0.3, -0.25) is 4.72 Å². The summed E-state index contributed by atoms with van der Waals surface area (Å²) in [4.78, 5) is 14.5. The van der Waals surface area contributed by atoms with E-state index in [0.29, 0.717) is 0 Å². The maximum Gasteiger partial charge on any atom is 0.340 e. The Morgan fingerprint density at radius 2 is 2.20 bits per heavy atom. The van der Waals surface area contributed by atoms with E-state index in [1.54, 1.807) is 0 Å². The number of hydrogen-bond donors (Lipinski definition) is 2. The highest BCUT2D eigenvalue weighted by Crippen LogP contribution is 2.28. The molecule has 2 N–H and O–H groups in total. The molecule has 2 aromatic heterocycles. The third-order valence-electron chi connectivity index (χ3n) is 2.32. The molecule has 0 aliphatic rings. The summed E-state index contributed by atoms with van der Waals surface area (Å²) in [5.74, 6) is -1.26. The van der Waals surface area contributed by atoms with E-state index in [-0.39, 0.29) is 26.3 Å². The summed E-state index contributed by atoms with van der Waals surface area (Å²) in [6, 6.07) is 2.68. The fraction of sp³-hybridized carbons (Fsp3) is 0.100. The second kappa shape index (κ2) is 5.35. The molecule has 0 spiro atoms. The van der Waals surface area contributed by atoms with E-state index in [4.69, 9.17) is 16.7 Å². The Bertz CT molecular complexity index is 773. The molecule has 0 radical (unpaired) electrons. The Balaban J connectivity index is 2.45. The van der Waals surface area contributed by atoms with E-state index in [9.17, 15) is 13.2 Å². The van der Waals surface area contributed by atoms with Crippen LogP contribution in [0.25, 0.3) is 0 Å². The number of nitrogens with zero attached hydrogens (tertiary/aromatic N) is 2. The molecule has 10 heteroatoms. The van der Waals surface area contributed by atoms with E-state index >= 15 is 0 Å². The molecular weight excluding hydrogens is 326 g/mol. The van der Waals surface area contributed by atoms with Crippen molar-refractivity contribution >= 4 is 44.1 Å². The highest BCUT2D eigenvalue weighted by molar-refractivity contribution is 7.93. The van der Waals surface area contributed by atoms with E-state index in [1.165, 1.54) is 25.3 Å². The van der Waals surface area contributed by atoms with Crippen LogP contribution in [0.2, 0.25) is 5.15 Å². The van der Waals surface area contributed by atoms with Crippen molar-refractivity contribution in [1.82, 2.24) is 9.36 Å². The van der Waals surface area contributed by atoms with Gasteiger partial charge < -0.3 is 5.11 Å². The summed E-state index contributed by atoms with van der Waals surface area (Å²) < 4.78 is 30.3. The van der Waals surface area contributed by atoms with Crippen LogP contribution in [0.4, 0.5) is 5.00 Å². The first-order chi connectivity index (χ1) is 9.33. The molecule has 7 nitrogen and oxygen atoms in total. The van der Waals surface area contributed by atoms with Crippen molar-refractivity contribution in [3.8, 4) is 0 Å². The molecule has 0 aliphatic heterocycles. The van der Waals surface area contributed by atoms with Gasteiger partial charge in [-0.05, 0) is 30.6 Å². The van der Waals surface area contributed by atoms with Gasteiger partial charge in [-0.2, -0.15) is 4.37 Å². The minimum atomic E-state index is -4.02. The molecule has 0 bridgehead atoms. The number of carboxylic acid groups (broad SMARTS) is 1. The molecule has 0 amide bonds. The number of aromatic nitrogens is 2. The van der Waals surface area contributed by atoms with E-state index in [1.807, 2.05) is 0 Å². The molecule has 20 heavy (non-hydrogen) atoms. The molecule has 0 atom stereocenters. The third kappa shape index (κ3) is 2.74. The number of rotatable bonds is 4. The van der Waals surface area contributed by atoms with Crippen LogP contribution in [0.5, 0.6) is 0 Å². The number of sulfonamides is 1. The van der Waals surface area contributed by atoms with Crippen LogP contribution in [0.1, 0.15) is 16.1 Å². The number of halogens is 1. The summed E-state index contributed by atoms with van der Waals surface area (Å²) in [6.07, 6.45) is 1.35. The predicted molar refractivity (Wildman–Crippen MR) is 73.9 cm³/mol. The van der Waals surface area contributed by atoms with Crippen molar-refractivity contribution in [3.63, 3.8) is 0 Å². The Labute approximate surface area is 123 Å². The van der Waals surface area contributed by atoms with Gasteiger partial charge in [-0.25, -0.2) is 18.2 Å². The number of pyridine rings is 1. The van der Waals surface area contributed by atoms with Crippen LogP contribution in [-0.2, 0) is 10.0 Å². The average Bonchev–Trinajstić information content (AvgIpc) is 2.70. The smallest absolute Gasteiger partial charge is 0.340 e. The molecule has 0 saturated heterocycles. The zero-order valence-corrected chi connectivity index (χ0v) is 12.4. The molecule has 0 aromatic carbocycles. The summed E-state index contributed by atoms with van der Waals surface area (Å²) >= 11 is 6.47. The summed E-state index contributed by atoms with van der Waals surface area (Å²) in [7, 11) is -4.02. The molecule has 2 aromatic rings. The number of anilines is 1. The molecule has 0 saturated carbocycles. The number of aromatic carboxylic acids is 1. The first kappa shape index (κ1) is 14.7. The van der Waals surface area contributed by atoms with Gasteiger partial charge in [0.1, 0.15) is 20.6 Å². The number of hydrogen-bond acceptors (Lipinski definition) is 6. The highest BCUT2D eigenvalue weighted by atomic mass is 35.5. The number of aryl methyl sites for hydroxylation is 1. The molecule has 2 heterocycles. The van der Waals surface area contributed by atoms with Gasteiger partial charge in [0.25, 0.3) is 10.0 Å². The van der Waals surface area contributed by atoms with E-state index < -0.39 is 16.0 Å². The SMILES string of the molecule is Cc1nsc(NS(=O)(=O)c2cccnc2Cl)c1C(=O)O. The standard InChI is InChI=1S/C10H8ClN3O4S2/c1-5-7(10(15)16)9(19-13-5)14-20(17,18)6-3-2-4-12-8(6)11/h2-4,14H,1H3,(H,15,16). The topological polar surface area (TPSA) is 109 Å². The van der Waals surface area contributed by atoms with E-state index in [2.05, 4.69) is 14.1 Å². The average molecular weight is 334 g/mol. The van der Waals surface area contributed by atoms with Crippen molar-refractivity contribution in [1.29, 1.82) is 0 Å². The van der Waals surface area contributed by atoms with Gasteiger partial charge in [-0.15, -0.1) is 0 Å². The van der Waals surface area contributed by atoms with E-state index in [0.717, 1.165) is 11.5 Å². The predicted octanol–water partition coefficient (Wildman–Crippen LogP) is 2.00. The quantitative estimate of drug-likeness (QED) is 0.828. The molecule has 0 unspecified atom stereocenters. The van der Waals surface area contributed by atoms with Gasteiger partial charge >= 0.3 is 5.97 Å². The van der Waals surface area contributed by atoms with Crippen LogP contribution >= 0.6 is 23.1 Å². The monoisotopic (exact) mass is 333 g/mol. The fourth-order valence-corrected chi connectivity index (χ4v) is 3.98. The summed E-state index contributed by atoms with van der Waals surface area (Å²) in [6.45, 7) is 1.48. The fourth-order valence-electron chi connectivity index (χ4n) is 1.44. The van der Waals surface area contributed by atoms with Crippen LogP contribution in [0.3, 0.4) is 0 Å². The maximum absolute atomic E-state index is 12.2. The highest BCUT2D eigenvalue weighted by Gasteiger charge is 2.24. The van der Waals surface area contributed by atoms with Crippen LogP contribution in [0.15, 0.2) is 23.2 Å². The lowest BCUT2D eigenvalue weighted by molar-refractivity contribution is 0.0697. The zero-order valence-electron chi connectivity index (χ0n) is 9.99. The summed E-state index contributed by atoms with van der Waals surface area (Å²) in [5, 5.41) is 8.78. The first-order valence-corrected chi connectivity index (χ1v) is 7.79. The van der Waals surface area contributed by atoms with Crippen LogP contribution < -0.4 is 4.72 Å². The van der Waals surface area contributed by atoms with Gasteiger partial charge in [0.15, 0.2) is 0 Å². The lowest BCUT2D eigenvalue weighted by Crippen LogP contribution is -2.15. The molecule has 2 rings (SSSR count).